The molecule has 0 fully saturated rings. The van der Waals surface area contributed by atoms with E-state index in [9.17, 15) is 4.79 Å². The molecule has 2 heterocycles. The number of aromatic nitrogens is 1. The van der Waals surface area contributed by atoms with Crippen LogP contribution in [-0.2, 0) is 0 Å². The predicted octanol–water partition coefficient (Wildman–Crippen LogP) is 2.06. The van der Waals surface area contributed by atoms with Crippen LogP contribution >= 0.6 is 24.8 Å². The lowest BCUT2D eigenvalue weighted by Gasteiger charge is -2.08. The Morgan fingerprint density at radius 3 is 2.79 bits per heavy atom. The molecule has 0 radical (unpaired) electrons. The molecule has 1 atom stereocenters. The fourth-order valence-corrected chi connectivity index (χ4v) is 1.49. The smallest absolute Gasteiger partial charge is 0.287 e. The molecule has 0 spiro atoms. The molecule has 0 aliphatic carbocycles. The highest BCUT2D eigenvalue weighted by atomic mass is 35.5. The van der Waals surface area contributed by atoms with E-state index < -0.39 is 0 Å². The number of amides is 1. The molecule has 7 heteroatoms. The summed E-state index contributed by atoms with van der Waals surface area (Å²) in [5, 5.41) is 2.74. The van der Waals surface area contributed by atoms with Crippen molar-refractivity contribution in [3.05, 3.63) is 29.7 Å². The van der Waals surface area contributed by atoms with E-state index in [2.05, 4.69) is 10.3 Å². The number of nitrogens with zero attached hydrogens (tertiary/aromatic N) is 1. The van der Waals surface area contributed by atoms with Gasteiger partial charge in [0.1, 0.15) is 5.52 Å². The van der Waals surface area contributed by atoms with E-state index in [1.807, 2.05) is 19.9 Å². The van der Waals surface area contributed by atoms with Crippen LogP contribution in [-0.4, -0.2) is 23.5 Å². The second kappa shape index (κ2) is 7.33. The molecule has 2 aromatic rings. The van der Waals surface area contributed by atoms with Crippen LogP contribution < -0.4 is 11.1 Å². The number of rotatable bonds is 3. The number of halogens is 2. The minimum atomic E-state index is -0.265. The lowest BCUT2D eigenvalue weighted by Crippen LogP contribution is -2.37. The Hall–Kier alpha value is -1.30. The summed E-state index contributed by atoms with van der Waals surface area (Å²) in [6.07, 6.45) is 0. The van der Waals surface area contributed by atoms with Crippen molar-refractivity contribution in [3.8, 4) is 0 Å². The number of fused-ring (bicyclic) bond motifs is 1. The Bertz CT molecular complexity index is 557. The monoisotopic (exact) mass is 305 g/mol. The molecular weight excluding hydrogens is 289 g/mol. The molecule has 2 aromatic heterocycles. The Balaban J connectivity index is 0.00000162. The summed E-state index contributed by atoms with van der Waals surface area (Å²) in [5.41, 5.74) is 7.63. The number of furan rings is 1. The Labute approximate surface area is 123 Å². The molecule has 0 saturated carbocycles. The summed E-state index contributed by atoms with van der Waals surface area (Å²) in [7, 11) is 0. The minimum Gasteiger partial charge on any atom is -0.449 e. The molecule has 19 heavy (non-hydrogen) atoms. The fourth-order valence-electron chi connectivity index (χ4n) is 1.49. The number of carbonyl (C=O) groups excluding carboxylic acids is 1. The summed E-state index contributed by atoms with van der Waals surface area (Å²) >= 11 is 0. The summed E-state index contributed by atoms with van der Waals surface area (Å²) in [6, 6.07) is 5.21. The van der Waals surface area contributed by atoms with Crippen LogP contribution in [0, 0.1) is 6.92 Å². The van der Waals surface area contributed by atoms with Crippen molar-refractivity contribution < 1.29 is 9.21 Å². The van der Waals surface area contributed by atoms with E-state index in [0.717, 1.165) is 5.69 Å². The second-order valence-corrected chi connectivity index (χ2v) is 4.06. The third kappa shape index (κ3) is 4.09. The van der Waals surface area contributed by atoms with Crippen LogP contribution in [0.3, 0.4) is 0 Å². The van der Waals surface area contributed by atoms with Gasteiger partial charge < -0.3 is 15.5 Å². The first-order chi connectivity index (χ1) is 8.10. The van der Waals surface area contributed by atoms with Crippen molar-refractivity contribution >= 4 is 41.8 Å². The predicted molar refractivity (Wildman–Crippen MR) is 79.2 cm³/mol. The van der Waals surface area contributed by atoms with Gasteiger partial charge in [0.05, 0.1) is 0 Å². The normalized spacial score (nSPS) is 11.3. The topological polar surface area (TPSA) is 81.2 Å². The van der Waals surface area contributed by atoms with Crippen LogP contribution in [0.1, 0.15) is 23.2 Å². The van der Waals surface area contributed by atoms with E-state index in [1.165, 1.54) is 0 Å². The molecule has 106 valence electrons. The molecule has 0 aliphatic rings. The van der Waals surface area contributed by atoms with Gasteiger partial charge in [-0.25, -0.2) is 4.98 Å². The average molecular weight is 306 g/mol. The maximum Gasteiger partial charge on any atom is 0.287 e. The van der Waals surface area contributed by atoms with Crippen LogP contribution in [0.4, 0.5) is 0 Å². The van der Waals surface area contributed by atoms with E-state index in [4.69, 9.17) is 10.2 Å². The van der Waals surface area contributed by atoms with E-state index in [1.54, 1.807) is 12.1 Å². The molecule has 0 aliphatic heterocycles. The van der Waals surface area contributed by atoms with Crippen LogP contribution in [0.25, 0.3) is 11.1 Å². The van der Waals surface area contributed by atoms with Gasteiger partial charge in [-0.1, -0.05) is 0 Å². The summed E-state index contributed by atoms with van der Waals surface area (Å²) in [5.74, 6) is -0.00277. The van der Waals surface area contributed by atoms with Gasteiger partial charge in [0.2, 0.25) is 0 Å². The number of nitrogens with one attached hydrogen (secondary N) is 1. The molecule has 5 nitrogen and oxygen atoms in total. The lowest BCUT2D eigenvalue weighted by atomic mass is 10.3. The second-order valence-electron chi connectivity index (χ2n) is 4.06. The largest absolute Gasteiger partial charge is 0.449 e. The van der Waals surface area contributed by atoms with E-state index >= 15 is 0 Å². The number of nitrogens with two attached hydrogens (primary N) is 1. The maximum absolute atomic E-state index is 11.8. The minimum absolute atomic E-state index is 0. The van der Waals surface area contributed by atoms with Crippen LogP contribution in [0.15, 0.2) is 22.6 Å². The van der Waals surface area contributed by atoms with Gasteiger partial charge in [0, 0.05) is 24.3 Å². The van der Waals surface area contributed by atoms with Gasteiger partial charge in [-0.15, -0.1) is 24.8 Å². The molecule has 2 rings (SSSR count). The third-order valence-corrected chi connectivity index (χ3v) is 2.47. The average Bonchev–Trinajstić information content (AvgIpc) is 2.71. The first-order valence-electron chi connectivity index (χ1n) is 5.48. The standard InChI is InChI=1S/C12H15N3O2.2ClH/c1-7-3-4-10-9(14-7)5-11(17-10)12(16)15-8(2)6-13;;/h3-5,8H,6,13H2,1-2H3,(H,15,16);2*1H/t8-;;/m0../s1. The highest BCUT2D eigenvalue weighted by Gasteiger charge is 2.14. The number of hydrogen-bond acceptors (Lipinski definition) is 4. The summed E-state index contributed by atoms with van der Waals surface area (Å²) in [6.45, 7) is 4.12. The van der Waals surface area contributed by atoms with Crippen molar-refractivity contribution in [1.82, 2.24) is 10.3 Å². The van der Waals surface area contributed by atoms with Crippen molar-refractivity contribution in [3.63, 3.8) is 0 Å². The number of aryl methyl sites for hydroxylation is 1. The van der Waals surface area contributed by atoms with Gasteiger partial charge in [-0.3, -0.25) is 4.79 Å². The summed E-state index contributed by atoms with van der Waals surface area (Å²) < 4.78 is 5.41. The zero-order chi connectivity index (χ0) is 12.4. The van der Waals surface area contributed by atoms with Gasteiger partial charge in [-0.05, 0) is 26.0 Å². The van der Waals surface area contributed by atoms with Crippen molar-refractivity contribution in [2.75, 3.05) is 6.54 Å². The molecule has 0 aromatic carbocycles. The molecule has 1 amide bonds. The Morgan fingerprint density at radius 2 is 2.16 bits per heavy atom. The molecule has 3 N–H and O–H groups in total. The van der Waals surface area contributed by atoms with Crippen molar-refractivity contribution in [1.29, 1.82) is 0 Å². The zero-order valence-corrected chi connectivity index (χ0v) is 12.3. The number of hydrogen-bond donors (Lipinski definition) is 2. The highest BCUT2D eigenvalue weighted by Crippen LogP contribution is 2.17. The van der Waals surface area contributed by atoms with Gasteiger partial charge in [-0.2, -0.15) is 0 Å². The first kappa shape index (κ1) is 17.7. The molecular formula is C12H17Cl2N3O2. The lowest BCUT2D eigenvalue weighted by molar-refractivity contribution is 0.0915. The highest BCUT2D eigenvalue weighted by molar-refractivity contribution is 5.95. The van der Waals surface area contributed by atoms with Gasteiger partial charge in [0.25, 0.3) is 5.91 Å². The fraction of sp³-hybridized carbons (Fsp3) is 0.333. The summed E-state index contributed by atoms with van der Waals surface area (Å²) in [4.78, 5) is 16.1. The van der Waals surface area contributed by atoms with Gasteiger partial charge in [0.15, 0.2) is 11.3 Å². The first-order valence-corrected chi connectivity index (χ1v) is 5.48. The van der Waals surface area contributed by atoms with Crippen LogP contribution in [0.5, 0.6) is 0 Å². The zero-order valence-electron chi connectivity index (χ0n) is 10.7. The van der Waals surface area contributed by atoms with Crippen LogP contribution in [0.2, 0.25) is 0 Å². The molecule has 0 unspecified atom stereocenters. The third-order valence-electron chi connectivity index (χ3n) is 2.47. The maximum atomic E-state index is 11.8. The molecule has 0 bridgehead atoms. The number of carbonyl (C=O) groups is 1. The quantitative estimate of drug-likeness (QED) is 0.909. The number of pyridine rings is 1. The Kier molecular flexibility index (Phi) is 6.83. The van der Waals surface area contributed by atoms with Crippen molar-refractivity contribution in [2.24, 2.45) is 5.73 Å². The Morgan fingerprint density at radius 1 is 1.47 bits per heavy atom. The van der Waals surface area contributed by atoms with Gasteiger partial charge >= 0.3 is 0 Å². The SMILES string of the molecule is Cc1ccc2oc(C(=O)N[C@@H](C)CN)cc2n1.Cl.Cl. The molecule has 0 saturated heterocycles. The van der Waals surface area contributed by atoms with E-state index in [0.29, 0.717) is 17.6 Å². The van der Waals surface area contributed by atoms with E-state index in [-0.39, 0.29) is 42.5 Å². The van der Waals surface area contributed by atoms with Crippen molar-refractivity contribution in [2.45, 2.75) is 19.9 Å².